The molecule has 1 aliphatic heterocycles. The van der Waals surface area contributed by atoms with Gasteiger partial charge in [-0.2, -0.15) is 5.26 Å². The fourth-order valence-corrected chi connectivity index (χ4v) is 3.19. The minimum atomic E-state index is -0.00261. The Kier molecular flexibility index (Phi) is 4.94. The van der Waals surface area contributed by atoms with Crippen molar-refractivity contribution in [2.24, 2.45) is 5.92 Å². The molecule has 1 N–H and O–H groups in total. The number of hydrogen-bond donors (Lipinski definition) is 1. The molecule has 102 valence electrons. The van der Waals surface area contributed by atoms with Crippen molar-refractivity contribution in [3.05, 3.63) is 17.0 Å². The number of nitrogens with one attached hydrogen (secondary N) is 1. The smallest absolute Gasteiger partial charge is 0.226 e. The molecule has 1 aromatic rings. The molecule has 2 heterocycles. The van der Waals surface area contributed by atoms with Crippen molar-refractivity contribution >= 4 is 22.2 Å². The van der Waals surface area contributed by atoms with Crippen molar-refractivity contribution in [1.82, 2.24) is 4.90 Å². The van der Waals surface area contributed by atoms with E-state index in [1.54, 1.807) is 6.07 Å². The number of piperidine rings is 1. The van der Waals surface area contributed by atoms with Gasteiger partial charge < -0.3 is 10.2 Å². The summed E-state index contributed by atoms with van der Waals surface area (Å²) in [6, 6.07) is 3.81. The molecule has 0 radical (unpaired) electrons. The number of rotatable bonds is 4. The van der Waals surface area contributed by atoms with Crippen LogP contribution in [0.1, 0.15) is 31.7 Å². The van der Waals surface area contributed by atoms with Crippen LogP contribution in [0.3, 0.4) is 0 Å². The highest BCUT2D eigenvalue weighted by atomic mass is 32.1. The summed E-state index contributed by atoms with van der Waals surface area (Å²) in [6.07, 6.45) is 3.02. The van der Waals surface area contributed by atoms with E-state index in [0.29, 0.717) is 17.0 Å². The molecular weight excluding hydrogens is 258 g/mol. The van der Waals surface area contributed by atoms with Gasteiger partial charge in [0.15, 0.2) is 0 Å². The van der Waals surface area contributed by atoms with Crippen LogP contribution in [0.5, 0.6) is 0 Å². The van der Waals surface area contributed by atoms with Gasteiger partial charge in [0, 0.05) is 19.5 Å². The van der Waals surface area contributed by atoms with E-state index >= 15 is 0 Å². The van der Waals surface area contributed by atoms with Crippen LogP contribution in [0.25, 0.3) is 0 Å². The summed E-state index contributed by atoms with van der Waals surface area (Å²) in [4.78, 5) is 14.2. The van der Waals surface area contributed by atoms with E-state index in [1.807, 2.05) is 5.38 Å². The summed E-state index contributed by atoms with van der Waals surface area (Å²) in [5, 5.41) is 14.2. The maximum atomic E-state index is 11.9. The van der Waals surface area contributed by atoms with Crippen LogP contribution in [0, 0.1) is 17.2 Å². The first-order valence-corrected chi connectivity index (χ1v) is 7.57. The topological polar surface area (TPSA) is 56.1 Å². The van der Waals surface area contributed by atoms with E-state index in [0.717, 1.165) is 25.6 Å². The van der Waals surface area contributed by atoms with Gasteiger partial charge in [0.05, 0.1) is 5.56 Å². The zero-order valence-electron chi connectivity index (χ0n) is 11.2. The van der Waals surface area contributed by atoms with E-state index in [2.05, 4.69) is 23.2 Å². The Morgan fingerprint density at radius 3 is 3.26 bits per heavy atom. The zero-order valence-corrected chi connectivity index (χ0v) is 12.0. The molecule has 4 nitrogen and oxygen atoms in total. The monoisotopic (exact) mass is 277 g/mol. The van der Waals surface area contributed by atoms with Crippen molar-refractivity contribution in [3.8, 4) is 6.07 Å². The lowest BCUT2D eigenvalue weighted by molar-refractivity contribution is -0.116. The van der Waals surface area contributed by atoms with Crippen LogP contribution < -0.4 is 5.32 Å². The van der Waals surface area contributed by atoms with E-state index in [-0.39, 0.29) is 5.91 Å². The summed E-state index contributed by atoms with van der Waals surface area (Å²) in [7, 11) is 0. The minimum Gasteiger partial charge on any atom is -0.317 e. The van der Waals surface area contributed by atoms with Gasteiger partial charge in [0.2, 0.25) is 5.91 Å². The number of carbonyl (C=O) groups is 1. The number of likely N-dealkylation sites (tertiary alicyclic amines) is 1. The van der Waals surface area contributed by atoms with E-state index in [9.17, 15) is 4.79 Å². The second kappa shape index (κ2) is 6.69. The summed E-state index contributed by atoms with van der Waals surface area (Å²) in [6.45, 7) is 5.26. The van der Waals surface area contributed by atoms with Crippen LogP contribution >= 0.6 is 11.3 Å². The van der Waals surface area contributed by atoms with E-state index in [4.69, 9.17) is 5.26 Å². The van der Waals surface area contributed by atoms with Crippen LogP contribution in [0.2, 0.25) is 0 Å². The van der Waals surface area contributed by atoms with E-state index < -0.39 is 0 Å². The van der Waals surface area contributed by atoms with Gasteiger partial charge in [0.1, 0.15) is 11.1 Å². The third-order valence-corrected chi connectivity index (χ3v) is 4.26. The van der Waals surface area contributed by atoms with Crippen molar-refractivity contribution in [2.75, 3.05) is 25.0 Å². The molecule has 1 aliphatic rings. The lowest BCUT2D eigenvalue weighted by Gasteiger charge is -2.30. The first-order valence-electron chi connectivity index (χ1n) is 6.69. The zero-order chi connectivity index (χ0) is 13.7. The maximum Gasteiger partial charge on any atom is 0.226 e. The van der Waals surface area contributed by atoms with Gasteiger partial charge in [-0.25, -0.2) is 0 Å². The molecule has 0 saturated carbocycles. The van der Waals surface area contributed by atoms with Gasteiger partial charge in [-0.05, 0) is 36.8 Å². The molecule has 1 unspecified atom stereocenters. The fraction of sp³-hybridized carbons (Fsp3) is 0.571. The maximum absolute atomic E-state index is 11.9. The predicted molar refractivity (Wildman–Crippen MR) is 77.1 cm³/mol. The first-order chi connectivity index (χ1) is 9.19. The second-order valence-corrected chi connectivity index (χ2v) is 6.04. The minimum absolute atomic E-state index is 0.00261. The second-order valence-electron chi connectivity index (χ2n) is 5.12. The Balaban J connectivity index is 1.77. The molecule has 1 amide bonds. The van der Waals surface area contributed by atoms with Gasteiger partial charge >= 0.3 is 0 Å². The Morgan fingerprint density at radius 1 is 1.68 bits per heavy atom. The number of amides is 1. The van der Waals surface area contributed by atoms with E-state index in [1.165, 1.54) is 24.2 Å². The number of thiophene rings is 1. The normalized spacial score (nSPS) is 19.9. The van der Waals surface area contributed by atoms with Crippen molar-refractivity contribution in [3.63, 3.8) is 0 Å². The van der Waals surface area contributed by atoms with Crippen molar-refractivity contribution in [1.29, 1.82) is 5.26 Å². The van der Waals surface area contributed by atoms with Gasteiger partial charge in [0.25, 0.3) is 0 Å². The standard InChI is InChI=1S/C14H19N3OS/c1-11-3-2-6-17(10-11)7-4-13(18)16-14-12(9-15)5-8-19-14/h5,8,11H,2-4,6-7,10H2,1H3,(H,16,18). The van der Waals surface area contributed by atoms with Crippen LogP contribution in [0.15, 0.2) is 11.4 Å². The average molecular weight is 277 g/mol. The molecule has 1 atom stereocenters. The molecular formula is C14H19N3OS. The Hall–Kier alpha value is -1.38. The molecule has 1 saturated heterocycles. The summed E-state index contributed by atoms with van der Waals surface area (Å²) >= 11 is 1.40. The van der Waals surface area contributed by atoms with Crippen molar-refractivity contribution < 1.29 is 4.79 Å². The molecule has 19 heavy (non-hydrogen) atoms. The van der Waals surface area contributed by atoms with Gasteiger partial charge in [-0.15, -0.1) is 11.3 Å². The highest BCUT2D eigenvalue weighted by molar-refractivity contribution is 7.14. The van der Waals surface area contributed by atoms with Crippen molar-refractivity contribution in [2.45, 2.75) is 26.2 Å². The quantitative estimate of drug-likeness (QED) is 0.920. The number of carbonyl (C=O) groups excluding carboxylic acids is 1. The fourth-order valence-electron chi connectivity index (χ4n) is 2.43. The third kappa shape index (κ3) is 4.05. The number of nitrogens with zero attached hydrogens (tertiary/aromatic N) is 2. The summed E-state index contributed by atoms with van der Waals surface area (Å²) in [5.41, 5.74) is 0.546. The van der Waals surface area contributed by atoms with Gasteiger partial charge in [-0.1, -0.05) is 6.92 Å². The molecule has 0 spiro atoms. The number of nitriles is 1. The summed E-state index contributed by atoms with van der Waals surface area (Å²) < 4.78 is 0. The predicted octanol–water partition coefficient (Wildman–Crippen LogP) is 2.68. The lowest BCUT2D eigenvalue weighted by Crippen LogP contribution is -2.36. The average Bonchev–Trinajstić information content (AvgIpc) is 2.84. The Labute approximate surface area is 118 Å². The molecule has 0 bridgehead atoms. The molecule has 5 heteroatoms. The largest absolute Gasteiger partial charge is 0.317 e. The van der Waals surface area contributed by atoms with Crippen LogP contribution in [-0.4, -0.2) is 30.4 Å². The summed E-state index contributed by atoms with van der Waals surface area (Å²) in [5.74, 6) is 0.733. The number of anilines is 1. The molecule has 0 aromatic carbocycles. The molecule has 2 rings (SSSR count). The third-order valence-electron chi connectivity index (χ3n) is 3.43. The lowest BCUT2D eigenvalue weighted by atomic mass is 10.0. The SMILES string of the molecule is CC1CCCN(CCC(=O)Nc2sccc2C#N)C1. The first kappa shape index (κ1) is 14.0. The van der Waals surface area contributed by atoms with Crippen LogP contribution in [-0.2, 0) is 4.79 Å². The van der Waals surface area contributed by atoms with Gasteiger partial charge in [-0.3, -0.25) is 4.79 Å². The Bertz CT molecular complexity index is 477. The molecule has 0 aliphatic carbocycles. The highest BCUT2D eigenvalue weighted by Gasteiger charge is 2.17. The molecule has 1 aromatic heterocycles. The Morgan fingerprint density at radius 2 is 2.53 bits per heavy atom. The highest BCUT2D eigenvalue weighted by Crippen LogP contribution is 2.22. The van der Waals surface area contributed by atoms with Crippen LogP contribution in [0.4, 0.5) is 5.00 Å². The number of hydrogen-bond acceptors (Lipinski definition) is 4. The molecule has 1 fully saturated rings.